The van der Waals surface area contributed by atoms with Crippen LogP contribution in [0.4, 0.5) is 5.69 Å². The summed E-state index contributed by atoms with van der Waals surface area (Å²) in [5.41, 5.74) is 1.68. The summed E-state index contributed by atoms with van der Waals surface area (Å²) >= 11 is 27.5. The number of rotatable bonds is 3. The van der Waals surface area contributed by atoms with Crippen molar-refractivity contribution in [3.63, 3.8) is 0 Å². The molecule has 2 aromatic carbocycles. The van der Waals surface area contributed by atoms with Crippen LogP contribution >= 0.6 is 62.3 Å². The highest BCUT2D eigenvalue weighted by atomic mass is 79.9. The predicted octanol–water partition coefficient (Wildman–Crippen LogP) is 6.67. The molecule has 2 aromatic rings. The molecule has 0 atom stereocenters. The van der Waals surface area contributed by atoms with E-state index in [1.165, 1.54) is 0 Å². The van der Waals surface area contributed by atoms with Crippen LogP contribution in [0.15, 0.2) is 34.8 Å². The van der Waals surface area contributed by atoms with E-state index >= 15 is 0 Å². The molecule has 0 aliphatic rings. The second-order valence-electron chi connectivity index (χ2n) is 3.81. The molecule has 0 heterocycles. The molecule has 0 spiro atoms. The molecule has 0 saturated heterocycles. The second kappa shape index (κ2) is 6.55. The van der Waals surface area contributed by atoms with E-state index in [1.807, 2.05) is 18.2 Å². The fraction of sp³-hybridized carbons (Fsp3) is 0.0769. The summed E-state index contributed by atoms with van der Waals surface area (Å²) < 4.78 is 0.759. The third-order valence-corrected chi connectivity index (χ3v) is 4.88. The molecule has 0 fully saturated rings. The van der Waals surface area contributed by atoms with E-state index in [2.05, 4.69) is 21.2 Å². The summed E-state index contributed by atoms with van der Waals surface area (Å²) in [5, 5.41) is 5.37. The normalized spacial score (nSPS) is 10.6. The van der Waals surface area contributed by atoms with Crippen molar-refractivity contribution in [2.24, 2.45) is 0 Å². The van der Waals surface area contributed by atoms with Gasteiger partial charge in [-0.25, -0.2) is 0 Å². The van der Waals surface area contributed by atoms with Gasteiger partial charge in [0.05, 0.1) is 15.7 Å². The predicted molar refractivity (Wildman–Crippen MR) is 88.0 cm³/mol. The highest BCUT2D eigenvalue weighted by molar-refractivity contribution is 9.10. The zero-order valence-electron chi connectivity index (χ0n) is 9.48. The number of anilines is 1. The lowest BCUT2D eigenvalue weighted by Crippen LogP contribution is -2.00. The quantitative estimate of drug-likeness (QED) is 0.568. The van der Waals surface area contributed by atoms with E-state index < -0.39 is 0 Å². The van der Waals surface area contributed by atoms with Crippen molar-refractivity contribution in [2.45, 2.75) is 6.54 Å². The summed E-state index contributed by atoms with van der Waals surface area (Å²) in [6, 6.07) is 9.05. The third kappa shape index (κ3) is 3.71. The van der Waals surface area contributed by atoms with Crippen molar-refractivity contribution in [1.82, 2.24) is 0 Å². The van der Waals surface area contributed by atoms with Crippen molar-refractivity contribution < 1.29 is 0 Å². The minimum atomic E-state index is 0.473. The molecular formula is C13H8BrCl4N. The molecular weight excluding hydrogens is 392 g/mol. The van der Waals surface area contributed by atoms with Gasteiger partial charge < -0.3 is 5.32 Å². The monoisotopic (exact) mass is 397 g/mol. The maximum absolute atomic E-state index is 6.15. The maximum atomic E-state index is 6.15. The molecule has 0 aromatic heterocycles. The Kier molecular flexibility index (Phi) is 5.27. The van der Waals surface area contributed by atoms with Crippen LogP contribution in [0.5, 0.6) is 0 Å². The largest absolute Gasteiger partial charge is 0.380 e. The Labute approximate surface area is 139 Å². The second-order valence-corrected chi connectivity index (χ2v) is 6.27. The number of halogens is 5. The van der Waals surface area contributed by atoms with Gasteiger partial charge in [0.25, 0.3) is 0 Å². The SMILES string of the molecule is Clc1ccc(CNc2ccc(Br)c(Cl)c2Cl)c(Cl)c1. The number of hydrogen-bond donors (Lipinski definition) is 1. The molecule has 19 heavy (non-hydrogen) atoms. The van der Waals surface area contributed by atoms with Gasteiger partial charge in [-0.1, -0.05) is 52.5 Å². The first kappa shape index (κ1) is 15.3. The zero-order valence-corrected chi connectivity index (χ0v) is 14.1. The fourth-order valence-electron chi connectivity index (χ4n) is 1.52. The van der Waals surface area contributed by atoms with E-state index in [0.717, 1.165) is 15.7 Å². The molecule has 1 N–H and O–H groups in total. The minimum Gasteiger partial charge on any atom is -0.380 e. The summed E-state index contributed by atoms with van der Waals surface area (Å²) in [7, 11) is 0. The molecule has 0 saturated carbocycles. The Morgan fingerprint density at radius 2 is 1.68 bits per heavy atom. The Bertz CT molecular complexity index is 616. The molecule has 2 rings (SSSR count). The summed E-state index contributed by atoms with van der Waals surface area (Å²) in [5.74, 6) is 0. The Morgan fingerprint density at radius 1 is 0.947 bits per heavy atom. The molecule has 6 heteroatoms. The van der Waals surface area contributed by atoms with Crippen LogP contribution in [0.2, 0.25) is 20.1 Å². The molecule has 0 aliphatic carbocycles. The van der Waals surface area contributed by atoms with Crippen molar-refractivity contribution in [3.05, 3.63) is 60.5 Å². The highest BCUT2D eigenvalue weighted by Gasteiger charge is 2.09. The van der Waals surface area contributed by atoms with Gasteiger partial charge in [0.15, 0.2) is 0 Å². The highest BCUT2D eigenvalue weighted by Crippen LogP contribution is 2.36. The lowest BCUT2D eigenvalue weighted by atomic mass is 10.2. The van der Waals surface area contributed by atoms with Gasteiger partial charge in [-0.05, 0) is 45.8 Å². The van der Waals surface area contributed by atoms with Crippen LogP contribution in [0.1, 0.15) is 5.56 Å². The van der Waals surface area contributed by atoms with Gasteiger partial charge >= 0.3 is 0 Å². The van der Waals surface area contributed by atoms with Crippen molar-refractivity contribution in [3.8, 4) is 0 Å². The van der Waals surface area contributed by atoms with Crippen molar-refractivity contribution in [2.75, 3.05) is 5.32 Å². The van der Waals surface area contributed by atoms with Crippen LogP contribution < -0.4 is 5.32 Å². The van der Waals surface area contributed by atoms with Crippen LogP contribution in [0.25, 0.3) is 0 Å². The van der Waals surface area contributed by atoms with Crippen LogP contribution in [0, 0.1) is 0 Å². The molecule has 1 nitrogen and oxygen atoms in total. The van der Waals surface area contributed by atoms with E-state index in [1.54, 1.807) is 12.1 Å². The van der Waals surface area contributed by atoms with Crippen molar-refractivity contribution >= 4 is 68.0 Å². The standard InChI is InChI=1S/C13H8BrCl4N/c14-9-3-4-11(13(18)12(9)17)19-6-7-1-2-8(15)5-10(7)16/h1-5,19H,6H2. The van der Waals surface area contributed by atoms with Gasteiger partial charge in [0.2, 0.25) is 0 Å². The zero-order chi connectivity index (χ0) is 14.0. The van der Waals surface area contributed by atoms with Gasteiger partial charge in [0, 0.05) is 21.1 Å². The molecule has 0 unspecified atom stereocenters. The summed E-state index contributed by atoms with van der Waals surface area (Å²) in [6.45, 7) is 0.535. The minimum absolute atomic E-state index is 0.473. The Morgan fingerprint density at radius 3 is 2.37 bits per heavy atom. The van der Waals surface area contributed by atoms with E-state index in [4.69, 9.17) is 46.4 Å². The fourth-order valence-corrected chi connectivity index (χ4v) is 2.83. The molecule has 100 valence electrons. The van der Waals surface area contributed by atoms with Gasteiger partial charge in [0.1, 0.15) is 0 Å². The molecule has 0 amide bonds. The van der Waals surface area contributed by atoms with Gasteiger partial charge in [-0.15, -0.1) is 0 Å². The molecule has 0 aliphatic heterocycles. The maximum Gasteiger partial charge on any atom is 0.0835 e. The van der Waals surface area contributed by atoms with Crippen LogP contribution in [-0.2, 0) is 6.54 Å². The third-order valence-electron chi connectivity index (χ3n) is 2.52. The number of nitrogens with one attached hydrogen (secondary N) is 1. The van der Waals surface area contributed by atoms with E-state index in [9.17, 15) is 0 Å². The molecule has 0 radical (unpaired) electrons. The number of benzene rings is 2. The first-order valence-corrected chi connectivity index (χ1v) is 7.61. The van der Waals surface area contributed by atoms with Crippen LogP contribution in [0.3, 0.4) is 0 Å². The van der Waals surface area contributed by atoms with Crippen LogP contribution in [-0.4, -0.2) is 0 Å². The average Bonchev–Trinajstić information content (AvgIpc) is 2.37. The van der Waals surface area contributed by atoms with E-state index in [-0.39, 0.29) is 0 Å². The van der Waals surface area contributed by atoms with E-state index in [0.29, 0.717) is 26.6 Å². The number of hydrogen-bond acceptors (Lipinski definition) is 1. The lowest BCUT2D eigenvalue weighted by molar-refractivity contribution is 1.15. The van der Waals surface area contributed by atoms with Gasteiger partial charge in [-0.3, -0.25) is 0 Å². The smallest absolute Gasteiger partial charge is 0.0835 e. The lowest BCUT2D eigenvalue weighted by Gasteiger charge is -2.11. The Balaban J connectivity index is 2.17. The summed E-state index contributed by atoms with van der Waals surface area (Å²) in [4.78, 5) is 0. The summed E-state index contributed by atoms with van der Waals surface area (Å²) in [6.07, 6.45) is 0. The van der Waals surface area contributed by atoms with Gasteiger partial charge in [-0.2, -0.15) is 0 Å². The average molecular weight is 400 g/mol. The Hall–Kier alpha value is -0.120. The first-order chi connectivity index (χ1) is 8.99. The van der Waals surface area contributed by atoms with Crippen molar-refractivity contribution in [1.29, 1.82) is 0 Å². The molecule has 0 bridgehead atoms. The first-order valence-electron chi connectivity index (χ1n) is 5.30. The topological polar surface area (TPSA) is 12.0 Å².